The Bertz CT molecular complexity index is 499. The first-order valence-electron chi connectivity index (χ1n) is 6.68. The Morgan fingerprint density at radius 2 is 2.10 bits per heavy atom. The van der Waals surface area contributed by atoms with E-state index >= 15 is 0 Å². The molecule has 0 spiro atoms. The number of anilines is 1. The van der Waals surface area contributed by atoms with E-state index in [0.717, 1.165) is 10.0 Å². The molecule has 4 N–H and O–H groups in total. The van der Waals surface area contributed by atoms with Gasteiger partial charge in [0.05, 0.1) is 5.60 Å². The topological polar surface area (TPSA) is 75.4 Å². The lowest BCUT2D eigenvalue weighted by Crippen LogP contribution is -2.41. The molecule has 20 heavy (non-hydrogen) atoms. The van der Waals surface area contributed by atoms with E-state index in [9.17, 15) is 9.90 Å². The van der Waals surface area contributed by atoms with Crippen molar-refractivity contribution in [1.29, 1.82) is 0 Å². The van der Waals surface area contributed by atoms with Gasteiger partial charge in [0.15, 0.2) is 0 Å². The summed E-state index contributed by atoms with van der Waals surface area (Å²) >= 11 is 3.33. The number of amides is 1. The van der Waals surface area contributed by atoms with Crippen LogP contribution in [0.4, 0.5) is 5.69 Å². The number of nitrogen functional groups attached to an aromatic ring is 1. The molecule has 0 aliphatic carbocycles. The molecule has 0 fully saturated rings. The Morgan fingerprint density at radius 1 is 1.50 bits per heavy atom. The normalized spacial score (nSPS) is 14.2. The van der Waals surface area contributed by atoms with Crippen LogP contribution in [-0.2, 0) is 0 Å². The minimum absolute atomic E-state index is 0.218. The smallest absolute Gasteiger partial charge is 0.251 e. The summed E-state index contributed by atoms with van der Waals surface area (Å²) in [5, 5.41) is 13.0. The number of hydrogen-bond acceptors (Lipinski definition) is 3. The Hall–Kier alpha value is -1.07. The highest BCUT2D eigenvalue weighted by molar-refractivity contribution is 9.10. The van der Waals surface area contributed by atoms with Gasteiger partial charge < -0.3 is 16.2 Å². The predicted molar refractivity (Wildman–Crippen MR) is 85.7 cm³/mol. The first kappa shape index (κ1) is 17.0. The van der Waals surface area contributed by atoms with Crippen LogP contribution in [0, 0.1) is 12.8 Å². The lowest BCUT2D eigenvalue weighted by atomic mass is 9.94. The van der Waals surface area contributed by atoms with Crippen molar-refractivity contribution in [2.24, 2.45) is 5.92 Å². The summed E-state index contributed by atoms with van der Waals surface area (Å²) in [5.41, 5.74) is 6.78. The van der Waals surface area contributed by atoms with Crippen LogP contribution in [0.5, 0.6) is 0 Å². The highest BCUT2D eigenvalue weighted by Crippen LogP contribution is 2.23. The number of nitrogens with two attached hydrogens (primary N) is 1. The lowest BCUT2D eigenvalue weighted by molar-refractivity contribution is 0.0368. The second-order valence-corrected chi connectivity index (χ2v) is 6.86. The van der Waals surface area contributed by atoms with Crippen LogP contribution in [0.25, 0.3) is 0 Å². The van der Waals surface area contributed by atoms with E-state index in [1.54, 1.807) is 19.1 Å². The average Bonchev–Trinajstić information content (AvgIpc) is 2.29. The molecule has 112 valence electrons. The molecule has 1 rings (SSSR count). The first-order chi connectivity index (χ1) is 9.12. The molecular weight excluding hydrogens is 320 g/mol. The highest BCUT2D eigenvalue weighted by Gasteiger charge is 2.23. The van der Waals surface area contributed by atoms with Gasteiger partial charge in [-0.15, -0.1) is 0 Å². The standard InChI is InChI=1S/C15H23BrN2O2/c1-9(2)7-15(4,20)8-18-14(19)12-5-11(16)6-13(17)10(12)3/h5-6,9,20H,7-8,17H2,1-4H3,(H,18,19). The number of rotatable bonds is 5. The summed E-state index contributed by atoms with van der Waals surface area (Å²) in [5.74, 6) is 0.143. The fourth-order valence-corrected chi connectivity index (χ4v) is 2.73. The fraction of sp³-hybridized carbons (Fsp3) is 0.533. The summed E-state index contributed by atoms with van der Waals surface area (Å²) in [6.45, 7) is 7.83. The molecular formula is C15H23BrN2O2. The van der Waals surface area contributed by atoms with Crippen LogP contribution in [0.1, 0.15) is 43.1 Å². The third-order valence-corrected chi connectivity index (χ3v) is 3.59. The average molecular weight is 343 g/mol. The second-order valence-electron chi connectivity index (χ2n) is 5.95. The molecule has 0 bridgehead atoms. The Kier molecular flexibility index (Phi) is 5.59. The molecule has 0 saturated carbocycles. The van der Waals surface area contributed by atoms with Crippen molar-refractivity contribution in [3.05, 3.63) is 27.7 Å². The lowest BCUT2D eigenvalue weighted by Gasteiger charge is -2.25. The number of halogens is 1. The summed E-state index contributed by atoms with van der Waals surface area (Å²) in [4.78, 5) is 12.2. The molecule has 1 atom stereocenters. The summed E-state index contributed by atoms with van der Waals surface area (Å²) in [6, 6.07) is 3.50. The van der Waals surface area contributed by atoms with Crippen LogP contribution in [0.3, 0.4) is 0 Å². The van der Waals surface area contributed by atoms with E-state index in [-0.39, 0.29) is 12.5 Å². The minimum Gasteiger partial charge on any atom is -0.398 e. The van der Waals surface area contributed by atoms with Crippen LogP contribution >= 0.6 is 15.9 Å². The second kappa shape index (κ2) is 6.59. The van der Waals surface area contributed by atoms with Gasteiger partial charge in [0.2, 0.25) is 0 Å². The van der Waals surface area contributed by atoms with E-state index in [0.29, 0.717) is 23.6 Å². The third-order valence-electron chi connectivity index (χ3n) is 3.14. The van der Waals surface area contributed by atoms with Crippen LogP contribution in [-0.4, -0.2) is 23.2 Å². The number of benzene rings is 1. The van der Waals surface area contributed by atoms with Gasteiger partial charge in [0.25, 0.3) is 5.91 Å². The number of aliphatic hydroxyl groups is 1. The largest absolute Gasteiger partial charge is 0.398 e. The van der Waals surface area contributed by atoms with E-state index < -0.39 is 5.60 Å². The Labute approximate surface area is 128 Å². The zero-order valence-electron chi connectivity index (χ0n) is 12.5. The fourth-order valence-electron chi connectivity index (χ4n) is 2.25. The molecule has 0 aromatic heterocycles. The summed E-state index contributed by atoms with van der Waals surface area (Å²) in [6.07, 6.45) is 0.632. The van der Waals surface area contributed by atoms with Crippen molar-refractivity contribution in [2.45, 2.75) is 39.7 Å². The van der Waals surface area contributed by atoms with Crippen molar-refractivity contribution in [3.63, 3.8) is 0 Å². The summed E-state index contributed by atoms with van der Waals surface area (Å²) < 4.78 is 0.764. The molecule has 0 heterocycles. The third kappa shape index (κ3) is 4.80. The molecule has 1 aromatic rings. The molecule has 5 heteroatoms. The van der Waals surface area contributed by atoms with Crippen LogP contribution in [0.2, 0.25) is 0 Å². The number of nitrogens with one attached hydrogen (secondary N) is 1. The maximum Gasteiger partial charge on any atom is 0.251 e. The van der Waals surface area contributed by atoms with Gasteiger partial charge in [-0.2, -0.15) is 0 Å². The molecule has 0 radical (unpaired) electrons. The van der Waals surface area contributed by atoms with Crippen molar-refractivity contribution in [2.75, 3.05) is 12.3 Å². The maximum absolute atomic E-state index is 12.2. The number of carbonyl (C=O) groups excluding carboxylic acids is 1. The van der Waals surface area contributed by atoms with Gasteiger partial charge in [-0.3, -0.25) is 4.79 Å². The van der Waals surface area contributed by atoms with Gasteiger partial charge >= 0.3 is 0 Å². The van der Waals surface area contributed by atoms with Gasteiger partial charge in [0.1, 0.15) is 0 Å². The zero-order chi connectivity index (χ0) is 15.5. The highest BCUT2D eigenvalue weighted by atomic mass is 79.9. The van der Waals surface area contributed by atoms with E-state index in [1.165, 1.54) is 0 Å². The minimum atomic E-state index is -0.907. The first-order valence-corrected chi connectivity index (χ1v) is 7.48. The predicted octanol–water partition coefficient (Wildman–Crippen LogP) is 2.87. The Morgan fingerprint density at radius 3 is 2.65 bits per heavy atom. The zero-order valence-corrected chi connectivity index (χ0v) is 14.0. The molecule has 4 nitrogen and oxygen atoms in total. The quantitative estimate of drug-likeness (QED) is 0.720. The molecule has 1 amide bonds. The van der Waals surface area contributed by atoms with Gasteiger partial charge in [0, 0.05) is 22.3 Å². The van der Waals surface area contributed by atoms with Gasteiger partial charge in [-0.05, 0) is 43.9 Å². The number of hydrogen-bond donors (Lipinski definition) is 3. The van der Waals surface area contributed by atoms with Crippen molar-refractivity contribution in [3.8, 4) is 0 Å². The van der Waals surface area contributed by atoms with E-state index in [1.807, 2.05) is 20.8 Å². The van der Waals surface area contributed by atoms with Gasteiger partial charge in [-0.1, -0.05) is 29.8 Å². The molecule has 0 saturated heterocycles. The van der Waals surface area contributed by atoms with Crippen molar-refractivity contribution in [1.82, 2.24) is 5.32 Å². The maximum atomic E-state index is 12.2. The van der Waals surface area contributed by atoms with Crippen molar-refractivity contribution >= 4 is 27.5 Å². The van der Waals surface area contributed by atoms with Crippen LogP contribution < -0.4 is 11.1 Å². The number of carbonyl (C=O) groups is 1. The van der Waals surface area contributed by atoms with Crippen LogP contribution in [0.15, 0.2) is 16.6 Å². The van der Waals surface area contributed by atoms with Gasteiger partial charge in [-0.25, -0.2) is 0 Å². The summed E-state index contributed by atoms with van der Waals surface area (Å²) in [7, 11) is 0. The van der Waals surface area contributed by atoms with E-state index in [4.69, 9.17) is 5.73 Å². The SMILES string of the molecule is Cc1c(N)cc(Br)cc1C(=O)NCC(C)(O)CC(C)C. The Balaban J connectivity index is 2.78. The monoisotopic (exact) mass is 342 g/mol. The molecule has 0 aliphatic rings. The molecule has 1 aromatic carbocycles. The van der Waals surface area contributed by atoms with E-state index in [2.05, 4.69) is 21.2 Å². The van der Waals surface area contributed by atoms with Crippen molar-refractivity contribution < 1.29 is 9.90 Å². The molecule has 0 aliphatic heterocycles. The molecule has 1 unspecified atom stereocenters.